The van der Waals surface area contributed by atoms with Crippen molar-refractivity contribution >= 4 is 0 Å². The molecule has 0 radical (unpaired) electrons. The Balaban J connectivity index is 2.00. The Kier molecular flexibility index (Phi) is 3.70. The molecule has 1 aromatic heterocycles. The fourth-order valence-electron chi connectivity index (χ4n) is 2.50. The summed E-state index contributed by atoms with van der Waals surface area (Å²) in [7, 11) is 0. The van der Waals surface area contributed by atoms with Crippen molar-refractivity contribution in [3.63, 3.8) is 0 Å². The van der Waals surface area contributed by atoms with Gasteiger partial charge in [-0.25, -0.2) is 4.39 Å². The Hall–Kier alpha value is -2.21. The highest BCUT2D eigenvalue weighted by Crippen LogP contribution is 2.27. The van der Waals surface area contributed by atoms with E-state index >= 15 is 0 Å². The largest absolute Gasteiger partial charge is 0.493 e. The number of nitrogens with one attached hydrogen (secondary N) is 1. The molecule has 0 aliphatic carbocycles. The Morgan fingerprint density at radius 3 is 2.71 bits per heavy atom. The van der Waals surface area contributed by atoms with Crippen LogP contribution in [-0.2, 0) is 4.74 Å². The van der Waals surface area contributed by atoms with Crippen molar-refractivity contribution in [2.75, 3.05) is 13.2 Å². The molecule has 2 heterocycles. The van der Waals surface area contributed by atoms with Gasteiger partial charge in [-0.05, 0) is 30.5 Å². The summed E-state index contributed by atoms with van der Waals surface area (Å²) in [5, 5.41) is 10.1. The minimum atomic E-state index is -0.435. The summed E-state index contributed by atoms with van der Waals surface area (Å²) in [5.74, 6) is -0.327. The molecule has 5 nitrogen and oxygen atoms in total. The maximum Gasteiger partial charge on any atom is 0.262 e. The van der Waals surface area contributed by atoms with E-state index in [0.717, 1.165) is 12.8 Å². The number of aromatic hydroxyl groups is 1. The predicted molar refractivity (Wildman–Crippen MR) is 74.7 cm³/mol. The number of hydrogen-bond acceptors (Lipinski definition) is 4. The number of rotatable bonds is 2. The zero-order valence-corrected chi connectivity index (χ0v) is 11.3. The molecule has 1 unspecified atom stereocenters. The van der Waals surface area contributed by atoms with Crippen LogP contribution in [0.2, 0.25) is 0 Å². The van der Waals surface area contributed by atoms with E-state index in [9.17, 15) is 14.3 Å². The SMILES string of the molecule is O=c1[nH]c(C2CCCOC2)nc(O)c1-c1ccc(F)cc1. The molecule has 0 saturated carbocycles. The van der Waals surface area contributed by atoms with Gasteiger partial charge in [0.2, 0.25) is 5.88 Å². The van der Waals surface area contributed by atoms with Crippen LogP contribution in [-0.4, -0.2) is 28.3 Å². The van der Waals surface area contributed by atoms with Crippen molar-refractivity contribution < 1.29 is 14.2 Å². The molecule has 2 N–H and O–H groups in total. The first-order valence-corrected chi connectivity index (χ1v) is 6.82. The standard InChI is InChI=1S/C15H15FN2O3/c16-11-5-3-9(4-6-11)12-14(19)17-13(18-15(12)20)10-2-1-7-21-8-10/h3-6,10H,1-2,7-8H2,(H2,17,18,19,20). The maximum atomic E-state index is 12.9. The number of H-pyrrole nitrogens is 1. The van der Waals surface area contributed by atoms with E-state index in [1.165, 1.54) is 24.3 Å². The molecule has 0 bridgehead atoms. The number of aromatic nitrogens is 2. The number of benzene rings is 1. The lowest BCUT2D eigenvalue weighted by atomic mass is 10.0. The average Bonchev–Trinajstić information content (AvgIpc) is 2.49. The van der Waals surface area contributed by atoms with Crippen LogP contribution in [0.4, 0.5) is 4.39 Å². The second-order valence-corrected chi connectivity index (χ2v) is 5.07. The molecule has 1 aliphatic heterocycles. The zero-order valence-electron chi connectivity index (χ0n) is 11.3. The average molecular weight is 290 g/mol. The quantitative estimate of drug-likeness (QED) is 0.889. The monoisotopic (exact) mass is 290 g/mol. The van der Waals surface area contributed by atoms with Gasteiger partial charge in [0.1, 0.15) is 17.2 Å². The first-order chi connectivity index (χ1) is 10.1. The summed E-state index contributed by atoms with van der Waals surface area (Å²) in [5.41, 5.74) is 0.0410. The molecule has 2 aromatic rings. The minimum Gasteiger partial charge on any atom is -0.493 e. The van der Waals surface area contributed by atoms with Gasteiger partial charge in [0, 0.05) is 12.5 Å². The van der Waals surface area contributed by atoms with Crippen molar-refractivity contribution in [1.82, 2.24) is 9.97 Å². The Morgan fingerprint density at radius 1 is 1.33 bits per heavy atom. The van der Waals surface area contributed by atoms with Gasteiger partial charge in [0.25, 0.3) is 5.56 Å². The van der Waals surface area contributed by atoms with Crippen LogP contribution in [0, 0.1) is 5.82 Å². The van der Waals surface area contributed by atoms with Crippen LogP contribution in [0.25, 0.3) is 11.1 Å². The molecule has 1 fully saturated rings. The molecule has 3 rings (SSSR count). The molecule has 1 aromatic carbocycles. The van der Waals surface area contributed by atoms with Crippen molar-refractivity contribution in [2.24, 2.45) is 0 Å². The number of hydrogen-bond donors (Lipinski definition) is 2. The summed E-state index contributed by atoms with van der Waals surface area (Å²) in [6.45, 7) is 1.19. The molecule has 21 heavy (non-hydrogen) atoms. The van der Waals surface area contributed by atoms with Crippen molar-refractivity contribution in [3.8, 4) is 17.0 Å². The van der Waals surface area contributed by atoms with Gasteiger partial charge in [-0.1, -0.05) is 12.1 Å². The zero-order chi connectivity index (χ0) is 14.8. The van der Waals surface area contributed by atoms with Gasteiger partial charge in [0.15, 0.2) is 0 Å². The smallest absolute Gasteiger partial charge is 0.262 e. The number of halogens is 1. The van der Waals surface area contributed by atoms with Crippen LogP contribution in [0.1, 0.15) is 24.6 Å². The summed E-state index contributed by atoms with van der Waals surface area (Å²) < 4.78 is 18.3. The van der Waals surface area contributed by atoms with Gasteiger partial charge in [-0.2, -0.15) is 4.98 Å². The highest BCUT2D eigenvalue weighted by Gasteiger charge is 2.21. The summed E-state index contributed by atoms with van der Waals surface area (Å²) in [6, 6.07) is 5.34. The van der Waals surface area contributed by atoms with E-state index < -0.39 is 11.4 Å². The molecular weight excluding hydrogens is 275 g/mol. The van der Waals surface area contributed by atoms with E-state index in [-0.39, 0.29) is 17.4 Å². The normalized spacial score (nSPS) is 18.6. The van der Waals surface area contributed by atoms with Crippen molar-refractivity contribution in [3.05, 3.63) is 46.3 Å². The maximum absolute atomic E-state index is 12.9. The Morgan fingerprint density at radius 2 is 2.10 bits per heavy atom. The second-order valence-electron chi connectivity index (χ2n) is 5.07. The predicted octanol–water partition coefficient (Wildman–Crippen LogP) is 2.18. The van der Waals surface area contributed by atoms with Crippen molar-refractivity contribution in [2.45, 2.75) is 18.8 Å². The molecule has 0 spiro atoms. The number of nitrogens with zero attached hydrogens (tertiary/aromatic N) is 1. The van der Waals surface area contributed by atoms with Crippen LogP contribution in [0.3, 0.4) is 0 Å². The number of aromatic amines is 1. The fourth-order valence-corrected chi connectivity index (χ4v) is 2.50. The topological polar surface area (TPSA) is 75.2 Å². The third kappa shape index (κ3) is 2.80. The van der Waals surface area contributed by atoms with E-state index in [0.29, 0.717) is 24.6 Å². The molecule has 0 amide bonds. The lowest BCUT2D eigenvalue weighted by Gasteiger charge is -2.21. The second kappa shape index (κ2) is 5.65. The lowest BCUT2D eigenvalue weighted by molar-refractivity contribution is 0.0778. The summed E-state index contributed by atoms with van der Waals surface area (Å²) >= 11 is 0. The summed E-state index contributed by atoms with van der Waals surface area (Å²) in [6.07, 6.45) is 1.76. The molecular formula is C15H15FN2O3. The minimum absolute atomic E-state index is 0.0142. The number of ether oxygens (including phenoxy) is 1. The third-order valence-electron chi connectivity index (χ3n) is 3.60. The molecule has 1 saturated heterocycles. The van der Waals surface area contributed by atoms with Gasteiger partial charge in [0.05, 0.1) is 6.61 Å². The van der Waals surface area contributed by atoms with Crippen LogP contribution >= 0.6 is 0 Å². The van der Waals surface area contributed by atoms with Gasteiger partial charge < -0.3 is 14.8 Å². The molecule has 6 heteroatoms. The molecule has 1 atom stereocenters. The van der Waals surface area contributed by atoms with Gasteiger partial charge in [-0.15, -0.1) is 0 Å². The fraction of sp³-hybridized carbons (Fsp3) is 0.333. The van der Waals surface area contributed by atoms with Gasteiger partial charge >= 0.3 is 0 Å². The third-order valence-corrected chi connectivity index (χ3v) is 3.60. The van der Waals surface area contributed by atoms with E-state index in [2.05, 4.69) is 9.97 Å². The first kappa shape index (κ1) is 13.8. The van der Waals surface area contributed by atoms with Crippen molar-refractivity contribution in [1.29, 1.82) is 0 Å². The van der Waals surface area contributed by atoms with Gasteiger partial charge in [-0.3, -0.25) is 4.79 Å². The molecule has 110 valence electrons. The van der Waals surface area contributed by atoms with E-state index in [4.69, 9.17) is 4.74 Å². The molecule has 1 aliphatic rings. The Labute approximate surface area is 120 Å². The Bertz CT molecular complexity index is 691. The van der Waals surface area contributed by atoms with Crippen LogP contribution in [0.5, 0.6) is 5.88 Å². The van der Waals surface area contributed by atoms with E-state index in [1.54, 1.807) is 0 Å². The first-order valence-electron chi connectivity index (χ1n) is 6.82. The summed E-state index contributed by atoms with van der Waals surface area (Å²) in [4.78, 5) is 19.0. The van der Waals surface area contributed by atoms with Crippen LogP contribution < -0.4 is 5.56 Å². The van der Waals surface area contributed by atoms with Crippen LogP contribution in [0.15, 0.2) is 29.1 Å². The van der Waals surface area contributed by atoms with E-state index in [1.807, 2.05) is 0 Å². The highest BCUT2D eigenvalue weighted by molar-refractivity contribution is 5.67. The lowest BCUT2D eigenvalue weighted by Crippen LogP contribution is -2.22. The highest BCUT2D eigenvalue weighted by atomic mass is 19.1.